The second-order valence-electron chi connectivity index (χ2n) is 6.56. The van der Waals surface area contributed by atoms with Crippen LogP contribution in [0, 0.1) is 5.41 Å². The number of nitrogens with one attached hydrogen (secondary N) is 1. The molecule has 1 aromatic rings. The highest BCUT2D eigenvalue weighted by atomic mass is 32.2. The first-order valence-electron chi connectivity index (χ1n) is 7.10. The number of sulfonamides is 1. The molecule has 1 saturated carbocycles. The van der Waals surface area contributed by atoms with Crippen molar-refractivity contribution >= 4 is 15.7 Å². The van der Waals surface area contributed by atoms with Crippen molar-refractivity contribution in [3.8, 4) is 0 Å². The van der Waals surface area contributed by atoms with E-state index in [1.807, 2.05) is 0 Å². The Morgan fingerprint density at radius 3 is 2.55 bits per heavy atom. The first kappa shape index (κ1) is 15.3. The summed E-state index contributed by atoms with van der Waals surface area (Å²) in [5, 5.41) is 0. The van der Waals surface area contributed by atoms with Crippen LogP contribution in [0.3, 0.4) is 0 Å². The molecule has 4 nitrogen and oxygen atoms in total. The molecule has 3 N–H and O–H groups in total. The summed E-state index contributed by atoms with van der Waals surface area (Å²) in [6, 6.07) is 7.12. The fraction of sp³-hybridized carbons (Fsp3) is 0.600. The van der Waals surface area contributed by atoms with E-state index in [1.54, 1.807) is 24.3 Å². The molecule has 112 valence electrons. The fourth-order valence-electron chi connectivity index (χ4n) is 2.72. The Hall–Kier alpha value is -1.07. The van der Waals surface area contributed by atoms with Gasteiger partial charge >= 0.3 is 0 Å². The average molecular weight is 296 g/mol. The zero-order valence-corrected chi connectivity index (χ0v) is 13.0. The molecule has 0 amide bonds. The lowest BCUT2D eigenvalue weighted by atomic mass is 9.76. The number of hydrogen-bond acceptors (Lipinski definition) is 3. The van der Waals surface area contributed by atoms with E-state index < -0.39 is 10.0 Å². The van der Waals surface area contributed by atoms with Crippen LogP contribution in [0.5, 0.6) is 0 Å². The number of benzene rings is 1. The largest absolute Gasteiger partial charge is 0.399 e. The van der Waals surface area contributed by atoms with Crippen molar-refractivity contribution in [2.45, 2.75) is 51.3 Å². The lowest BCUT2D eigenvalue weighted by molar-refractivity contribution is 0.218. The van der Waals surface area contributed by atoms with Gasteiger partial charge in [0.25, 0.3) is 0 Å². The summed E-state index contributed by atoms with van der Waals surface area (Å²) in [6.07, 6.45) is 3.98. The predicted octanol–water partition coefficient (Wildman–Crippen LogP) is 2.66. The van der Waals surface area contributed by atoms with E-state index in [2.05, 4.69) is 18.6 Å². The Kier molecular flexibility index (Phi) is 4.39. The van der Waals surface area contributed by atoms with Gasteiger partial charge < -0.3 is 5.73 Å². The van der Waals surface area contributed by atoms with Gasteiger partial charge in [0.1, 0.15) is 0 Å². The average Bonchev–Trinajstić information content (AvgIpc) is 2.31. The highest BCUT2D eigenvalue weighted by Crippen LogP contribution is 2.35. The molecule has 1 aliphatic rings. The Balaban J connectivity index is 1.95. The summed E-state index contributed by atoms with van der Waals surface area (Å²) < 4.78 is 27.2. The van der Waals surface area contributed by atoms with E-state index in [9.17, 15) is 8.42 Å². The van der Waals surface area contributed by atoms with E-state index in [4.69, 9.17) is 5.73 Å². The smallest absolute Gasteiger partial charge is 0.216 e. The van der Waals surface area contributed by atoms with Crippen molar-refractivity contribution in [3.63, 3.8) is 0 Å². The molecule has 0 aromatic heterocycles. The van der Waals surface area contributed by atoms with Crippen LogP contribution in [-0.4, -0.2) is 14.5 Å². The van der Waals surface area contributed by atoms with Crippen molar-refractivity contribution in [1.82, 2.24) is 4.72 Å². The Morgan fingerprint density at radius 1 is 1.30 bits per heavy atom. The minimum Gasteiger partial charge on any atom is -0.399 e. The Morgan fingerprint density at radius 2 is 1.95 bits per heavy atom. The monoisotopic (exact) mass is 296 g/mol. The van der Waals surface area contributed by atoms with E-state index >= 15 is 0 Å². The van der Waals surface area contributed by atoms with Crippen molar-refractivity contribution in [2.24, 2.45) is 5.41 Å². The van der Waals surface area contributed by atoms with Gasteiger partial charge in [-0.3, -0.25) is 0 Å². The molecule has 1 fully saturated rings. The minimum absolute atomic E-state index is 0.00205. The van der Waals surface area contributed by atoms with Crippen LogP contribution < -0.4 is 10.5 Å². The second-order valence-corrected chi connectivity index (χ2v) is 8.31. The van der Waals surface area contributed by atoms with Gasteiger partial charge in [-0.15, -0.1) is 0 Å². The van der Waals surface area contributed by atoms with Crippen molar-refractivity contribution in [3.05, 3.63) is 29.8 Å². The summed E-state index contributed by atoms with van der Waals surface area (Å²) in [5.74, 6) is -0.00205. The molecule has 0 unspecified atom stereocenters. The number of rotatable bonds is 4. The predicted molar refractivity (Wildman–Crippen MR) is 82.7 cm³/mol. The zero-order chi connectivity index (χ0) is 14.8. The second kappa shape index (κ2) is 5.74. The van der Waals surface area contributed by atoms with E-state index in [0.29, 0.717) is 11.1 Å². The van der Waals surface area contributed by atoms with E-state index in [0.717, 1.165) is 31.2 Å². The highest BCUT2D eigenvalue weighted by molar-refractivity contribution is 7.88. The standard InChI is InChI=1S/C15H24N2O2S/c1-15(2)8-6-14(7-9-15)17-20(18,19)11-12-4-3-5-13(16)10-12/h3-5,10,14,17H,6-9,11,16H2,1-2H3. The summed E-state index contributed by atoms with van der Waals surface area (Å²) in [4.78, 5) is 0. The molecule has 2 rings (SSSR count). The summed E-state index contributed by atoms with van der Waals surface area (Å²) in [6.45, 7) is 4.48. The first-order chi connectivity index (χ1) is 9.26. The third-order valence-corrected chi connectivity index (χ3v) is 5.40. The molecule has 5 heteroatoms. The molecule has 0 bridgehead atoms. The van der Waals surface area contributed by atoms with Gasteiger partial charge in [-0.25, -0.2) is 13.1 Å². The van der Waals surface area contributed by atoms with Crippen LogP contribution in [0.15, 0.2) is 24.3 Å². The molecule has 0 atom stereocenters. The van der Waals surface area contributed by atoms with Gasteiger partial charge in [0.2, 0.25) is 10.0 Å². The summed E-state index contributed by atoms with van der Waals surface area (Å²) in [7, 11) is -3.29. The lowest BCUT2D eigenvalue weighted by Crippen LogP contribution is -2.39. The molecular formula is C15H24N2O2S. The maximum absolute atomic E-state index is 12.2. The van der Waals surface area contributed by atoms with Crippen molar-refractivity contribution in [1.29, 1.82) is 0 Å². The van der Waals surface area contributed by atoms with Gasteiger partial charge in [-0.1, -0.05) is 26.0 Å². The topological polar surface area (TPSA) is 72.2 Å². The SMILES string of the molecule is CC1(C)CCC(NS(=O)(=O)Cc2cccc(N)c2)CC1. The van der Waals surface area contributed by atoms with Gasteiger partial charge in [0.05, 0.1) is 5.75 Å². The first-order valence-corrected chi connectivity index (χ1v) is 8.75. The highest BCUT2D eigenvalue weighted by Gasteiger charge is 2.29. The third-order valence-electron chi connectivity index (χ3n) is 3.99. The maximum atomic E-state index is 12.2. The normalized spacial score (nSPS) is 19.9. The molecule has 0 saturated heterocycles. The molecule has 1 aliphatic carbocycles. The van der Waals surface area contributed by atoms with Crippen molar-refractivity contribution < 1.29 is 8.42 Å². The molecule has 0 radical (unpaired) electrons. The van der Waals surface area contributed by atoms with Crippen LogP contribution >= 0.6 is 0 Å². The van der Waals surface area contributed by atoms with Gasteiger partial charge in [0, 0.05) is 11.7 Å². The molecular weight excluding hydrogens is 272 g/mol. The quantitative estimate of drug-likeness (QED) is 0.839. The van der Waals surface area contributed by atoms with Crippen molar-refractivity contribution in [2.75, 3.05) is 5.73 Å². The van der Waals surface area contributed by atoms with E-state index in [-0.39, 0.29) is 11.8 Å². The Bertz CT molecular complexity index is 557. The maximum Gasteiger partial charge on any atom is 0.216 e. The number of anilines is 1. The molecule has 20 heavy (non-hydrogen) atoms. The number of nitrogens with two attached hydrogens (primary N) is 1. The third kappa shape index (κ3) is 4.49. The molecule has 0 heterocycles. The van der Waals surface area contributed by atoms with Crippen LogP contribution in [0.25, 0.3) is 0 Å². The molecule has 0 spiro atoms. The number of hydrogen-bond donors (Lipinski definition) is 2. The van der Waals surface area contributed by atoms with Gasteiger partial charge in [-0.05, 0) is 48.8 Å². The van der Waals surface area contributed by atoms with E-state index in [1.165, 1.54) is 0 Å². The van der Waals surface area contributed by atoms with Crippen LogP contribution in [0.2, 0.25) is 0 Å². The Labute approximate surface area is 121 Å². The van der Waals surface area contributed by atoms with Crippen LogP contribution in [0.4, 0.5) is 5.69 Å². The molecule has 1 aromatic carbocycles. The zero-order valence-electron chi connectivity index (χ0n) is 12.2. The molecule has 0 aliphatic heterocycles. The van der Waals surface area contributed by atoms with Gasteiger partial charge in [0.15, 0.2) is 0 Å². The lowest BCUT2D eigenvalue weighted by Gasteiger charge is -2.34. The van der Waals surface area contributed by atoms with Gasteiger partial charge in [-0.2, -0.15) is 0 Å². The fourth-order valence-corrected chi connectivity index (χ4v) is 4.16. The minimum atomic E-state index is -3.29. The number of nitrogen functional groups attached to an aromatic ring is 1. The van der Waals surface area contributed by atoms with Crippen LogP contribution in [-0.2, 0) is 15.8 Å². The van der Waals surface area contributed by atoms with Crippen LogP contribution in [0.1, 0.15) is 45.1 Å². The summed E-state index contributed by atoms with van der Waals surface area (Å²) >= 11 is 0. The summed E-state index contributed by atoms with van der Waals surface area (Å²) in [5.41, 5.74) is 7.34.